The predicted octanol–water partition coefficient (Wildman–Crippen LogP) is 2.47. The van der Waals surface area contributed by atoms with Gasteiger partial charge in [0.2, 0.25) is 11.8 Å². The highest BCUT2D eigenvalue weighted by atomic mass is 32.1. The zero-order valence-corrected chi connectivity index (χ0v) is 20.8. The van der Waals surface area contributed by atoms with E-state index >= 15 is 0 Å². The van der Waals surface area contributed by atoms with E-state index in [1.54, 1.807) is 65.0 Å². The molecule has 1 aromatic carbocycles. The monoisotopic (exact) mass is 481 g/mol. The van der Waals surface area contributed by atoms with Gasteiger partial charge in [-0.2, -0.15) is 12.6 Å². The highest BCUT2D eigenvalue weighted by Gasteiger charge is 2.34. The first-order valence-electron chi connectivity index (χ1n) is 10.9. The summed E-state index contributed by atoms with van der Waals surface area (Å²) in [5, 5.41) is 5.24. The molecule has 0 aliphatic carbocycles. The maximum atomic E-state index is 13.3. The van der Waals surface area contributed by atoms with Gasteiger partial charge in [0, 0.05) is 18.8 Å². The molecule has 0 aliphatic rings. The van der Waals surface area contributed by atoms with Crippen molar-refractivity contribution in [2.24, 2.45) is 0 Å². The number of hydrogen-bond acceptors (Lipinski definition) is 7. The van der Waals surface area contributed by atoms with Crippen LogP contribution in [0.25, 0.3) is 0 Å². The molecule has 0 saturated heterocycles. The Kier molecular flexibility index (Phi) is 11.8. The maximum Gasteiger partial charge on any atom is 0.408 e. The maximum absolute atomic E-state index is 13.3. The molecule has 0 aliphatic heterocycles. The molecule has 0 fully saturated rings. The number of nitrogens with zero attached hydrogens (tertiary/aromatic N) is 1. The van der Waals surface area contributed by atoms with Gasteiger partial charge in [-0.1, -0.05) is 30.3 Å². The van der Waals surface area contributed by atoms with Crippen LogP contribution in [0.4, 0.5) is 4.79 Å². The molecule has 1 aromatic rings. The van der Waals surface area contributed by atoms with Crippen LogP contribution in [0.3, 0.4) is 0 Å². The third kappa shape index (κ3) is 9.73. The molecule has 9 nitrogen and oxygen atoms in total. The summed E-state index contributed by atoms with van der Waals surface area (Å²) < 4.78 is 10.1. The van der Waals surface area contributed by atoms with Crippen molar-refractivity contribution in [3.05, 3.63) is 35.9 Å². The fraction of sp³-hybridized carbons (Fsp3) is 0.565. The summed E-state index contributed by atoms with van der Waals surface area (Å²) in [6, 6.07) is 6.85. The normalized spacial score (nSPS) is 12.8. The van der Waals surface area contributed by atoms with E-state index in [9.17, 15) is 19.2 Å². The number of benzene rings is 1. The molecule has 10 heteroatoms. The van der Waals surface area contributed by atoms with E-state index in [1.165, 1.54) is 4.90 Å². The zero-order chi connectivity index (χ0) is 25.0. The van der Waals surface area contributed by atoms with Crippen molar-refractivity contribution in [3.8, 4) is 0 Å². The van der Waals surface area contributed by atoms with Gasteiger partial charge in [-0.15, -0.1) is 0 Å². The smallest absolute Gasteiger partial charge is 0.408 e. The molecule has 2 atom stereocenters. The van der Waals surface area contributed by atoms with Gasteiger partial charge in [0.25, 0.3) is 0 Å². The third-order valence-electron chi connectivity index (χ3n) is 4.40. The molecule has 0 heterocycles. The number of amides is 3. The predicted molar refractivity (Wildman–Crippen MR) is 128 cm³/mol. The van der Waals surface area contributed by atoms with Gasteiger partial charge < -0.3 is 25.0 Å². The summed E-state index contributed by atoms with van der Waals surface area (Å²) in [4.78, 5) is 51.6. The van der Waals surface area contributed by atoms with E-state index in [2.05, 4.69) is 23.3 Å². The second-order valence-corrected chi connectivity index (χ2v) is 8.53. The number of hydrogen-bond donors (Lipinski definition) is 3. The van der Waals surface area contributed by atoms with Crippen LogP contribution in [0.5, 0.6) is 0 Å². The molecular formula is C23H35N3O6S. The van der Waals surface area contributed by atoms with Crippen molar-refractivity contribution in [1.29, 1.82) is 0 Å². The Balaban J connectivity index is 3.08. The minimum Gasteiger partial charge on any atom is -0.466 e. The number of likely N-dealkylation sites (N-methyl/N-ethyl adjacent to an activating group) is 1. The molecule has 3 amide bonds. The highest BCUT2D eigenvalue weighted by Crippen LogP contribution is 2.22. The highest BCUT2D eigenvalue weighted by molar-refractivity contribution is 7.80. The number of esters is 1. The van der Waals surface area contributed by atoms with E-state index in [0.29, 0.717) is 5.56 Å². The first-order valence-corrected chi connectivity index (χ1v) is 11.6. The van der Waals surface area contributed by atoms with Crippen LogP contribution >= 0.6 is 12.6 Å². The molecule has 2 N–H and O–H groups in total. The number of alkyl carbamates (subject to hydrolysis) is 1. The van der Waals surface area contributed by atoms with Crippen molar-refractivity contribution >= 4 is 36.5 Å². The first-order chi connectivity index (χ1) is 15.5. The van der Waals surface area contributed by atoms with Crippen LogP contribution in [0.1, 0.15) is 52.6 Å². The van der Waals surface area contributed by atoms with Crippen molar-refractivity contribution in [3.63, 3.8) is 0 Å². The van der Waals surface area contributed by atoms with Crippen LogP contribution in [-0.4, -0.2) is 65.9 Å². The van der Waals surface area contributed by atoms with E-state index in [1.807, 2.05) is 0 Å². The number of thiol groups is 1. The molecule has 184 valence electrons. The lowest BCUT2D eigenvalue weighted by molar-refractivity contribution is -0.144. The van der Waals surface area contributed by atoms with Crippen LogP contribution in [0, 0.1) is 0 Å². The average molecular weight is 482 g/mol. The number of carbonyl (C=O) groups excluding carboxylic acids is 4. The number of rotatable bonds is 11. The SMILES string of the molecule is CCOC(=O)CCNC(=O)C(c1ccccc1)N(CC)C(=O)C(CS)NC(=O)OC(C)(C)C. The second kappa shape index (κ2) is 13.7. The zero-order valence-electron chi connectivity index (χ0n) is 19.9. The fourth-order valence-corrected chi connectivity index (χ4v) is 3.27. The molecule has 0 radical (unpaired) electrons. The topological polar surface area (TPSA) is 114 Å². The van der Waals surface area contributed by atoms with Gasteiger partial charge in [0.05, 0.1) is 13.0 Å². The fourth-order valence-electron chi connectivity index (χ4n) is 3.03. The summed E-state index contributed by atoms with van der Waals surface area (Å²) in [5.41, 5.74) is -0.138. The summed E-state index contributed by atoms with van der Waals surface area (Å²) in [5.74, 6) is -1.33. The Morgan fingerprint density at radius 1 is 1.09 bits per heavy atom. The van der Waals surface area contributed by atoms with Crippen molar-refractivity contribution in [2.75, 3.05) is 25.4 Å². The van der Waals surface area contributed by atoms with Crippen LogP contribution in [0.15, 0.2) is 30.3 Å². The van der Waals surface area contributed by atoms with Gasteiger partial charge in [-0.3, -0.25) is 14.4 Å². The van der Waals surface area contributed by atoms with E-state index in [-0.39, 0.29) is 31.9 Å². The largest absolute Gasteiger partial charge is 0.466 e. The van der Waals surface area contributed by atoms with E-state index in [0.717, 1.165) is 0 Å². The molecule has 0 aromatic heterocycles. The van der Waals surface area contributed by atoms with E-state index in [4.69, 9.17) is 9.47 Å². The van der Waals surface area contributed by atoms with Gasteiger partial charge in [0.15, 0.2) is 0 Å². The summed E-state index contributed by atoms with van der Waals surface area (Å²) in [7, 11) is 0. The second-order valence-electron chi connectivity index (χ2n) is 8.16. The van der Waals surface area contributed by atoms with Crippen molar-refractivity contribution in [2.45, 2.75) is 58.7 Å². The van der Waals surface area contributed by atoms with Gasteiger partial charge in [0.1, 0.15) is 17.7 Å². The van der Waals surface area contributed by atoms with Crippen LogP contribution in [-0.2, 0) is 23.9 Å². The quantitative estimate of drug-likeness (QED) is 0.331. The van der Waals surface area contributed by atoms with Crippen molar-refractivity contribution < 1.29 is 28.7 Å². The Hall–Kier alpha value is -2.75. The molecule has 1 rings (SSSR count). The Morgan fingerprint density at radius 2 is 1.73 bits per heavy atom. The lowest BCUT2D eigenvalue weighted by Crippen LogP contribution is -2.53. The Labute approximate surface area is 201 Å². The molecule has 0 bridgehead atoms. The number of carbonyl (C=O) groups is 4. The first kappa shape index (κ1) is 28.3. The molecular weight excluding hydrogens is 446 g/mol. The van der Waals surface area contributed by atoms with E-state index < -0.39 is 41.6 Å². The lowest BCUT2D eigenvalue weighted by atomic mass is 10.0. The summed E-state index contributed by atoms with van der Waals surface area (Å²) in [6.45, 7) is 9.12. The van der Waals surface area contributed by atoms with Gasteiger partial charge in [-0.05, 0) is 40.2 Å². The minimum atomic E-state index is -0.998. The molecule has 33 heavy (non-hydrogen) atoms. The lowest BCUT2D eigenvalue weighted by Gasteiger charge is -2.33. The van der Waals surface area contributed by atoms with Gasteiger partial charge in [-0.25, -0.2) is 4.79 Å². The average Bonchev–Trinajstić information content (AvgIpc) is 2.74. The van der Waals surface area contributed by atoms with Crippen LogP contribution in [0.2, 0.25) is 0 Å². The molecule has 0 spiro atoms. The Morgan fingerprint density at radius 3 is 2.24 bits per heavy atom. The third-order valence-corrected chi connectivity index (χ3v) is 4.77. The summed E-state index contributed by atoms with van der Waals surface area (Å²) in [6.07, 6.45) is -0.734. The molecule has 2 unspecified atom stereocenters. The minimum absolute atomic E-state index is 0.0144. The number of nitrogens with one attached hydrogen (secondary N) is 2. The van der Waals surface area contributed by atoms with Crippen LogP contribution < -0.4 is 10.6 Å². The van der Waals surface area contributed by atoms with Gasteiger partial charge >= 0.3 is 12.1 Å². The van der Waals surface area contributed by atoms with Crippen molar-refractivity contribution in [1.82, 2.24) is 15.5 Å². The Bertz CT molecular complexity index is 797. The number of ether oxygens (including phenoxy) is 2. The standard InChI is InChI=1S/C23H35N3O6S/c1-6-26(21(29)17(15-33)25-22(30)32-23(3,4)5)19(16-11-9-8-10-12-16)20(28)24-14-13-18(27)31-7-2/h8-12,17,19,33H,6-7,13-15H2,1-5H3,(H,24,28)(H,25,30). The summed E-state index contributed by atoms with van der Waals surface area (Å²) >= 11 is 4.21. The molecule has 0 saturated carbocycles.